The van der Waals surface area contributed by atoms with Crippen LogP contribution in [0.4, 0.5) is 11.5 Å². The van der Waals surface area contributed by atoms with Crippen molar-refractivity contribution < 1.29 is 0 Å². The van der Waals surface area contributed by atoms with E-state index < -0.39 is 0 Å². The Morgan fingerprint density at radius 1 is 1.47 bits per heavy atom. The largest absolute Gasteiger partial charge is 0.396 e. The highest BCUT2D eigenvalue weighted by molar-refractivity contribution is 5.63. The van der Waals surface area contributed by atoms with Gasteiger partial charge >= 0.3 is 0 Å². The smallest absolute Gasteiger partial charge is 0.149 e. The molecule has 4 nitrogen and oxygen atoms in total. The van der Waals surface area contributed by atoms with Crippen LogP contribution in [0, 0.1) is 29.1 Å². The molecule has 19 heavy (non-hydrogen) atoms. The van der Waals surface area contributed by atoms with Gasteiger partial charge in [-0.15, -0.1) is 0 Å². The molecule has 4 heteroatoms. The first-order valence-corrected chi connectivity index (χ1v) is 7.09. The van der Waals surface area contributed by atoms with Crippen LogP contribution in [-0.4, -0.2) is 11.0 Å². The minimum Gasteiger partial charge on any atom is -0.396 e. The maximum Gasteiger partial charge on any atom is 0.149 e. The SMILES string of the molecule is CC(Nc1ncc(C#N)cc1N)C1CC2CCC1C2. The summed E-state index contributed by atoms with van der Waals surface area (Å²) in [6.07, 6.45) is 7.14. The second kappa shape index (κ2) is 4.73. The maximum absolute atomic E-state index is 8.81. The quantitative estimate of drug-likeness (QED) is 0.872. The minimum absolute atomic E-state index is 0.401. The Labute approximate surface area is 114 Å². The van der Waals surface area contributed by atoms with Gasteiger partial charge in [0.2, 0.25) is 0 Å². The molecule has 2 fully saturated rings. The topological polar surface area (TPSA) is 74.7 Å². The van der Waals surface area contributed by atoms with E-state index in [1.165, 1.54) is 25.7 Å². The highest BCUT2D eigenvalue weighted by Gasteiger charge is 2.41. The van der Waals surface area contributed by atoms with Crippen molar-refractivity contribution in [3.8, 4) is 6.07 Å². The number of nitrogens with zero attached hydrogens (tertiary/aromatic N) is 2. The molecule has 2 aliphatic carbocycles. The molecule has 0 radical (unpaired) electrons. The summed E-state index contributed by atoms with van der Waals surface area (Å²) in [4.78, 5) is 4.26. The number of nitrogen functional groups attached to an aromatic ring is 1. The van der Waals surface area contributed by atoms with E-state index in [1.54, 1.807) is 12.3 Å². The molecule has 3 rings (SSSR count). The van der Waals surface area contributed by atoms with Crippen molar-refractivity contribution in [3.63, 3.8) is 0 Å². The van der Waals surface area contributed by atoms with Gasteiger partial charge < -0.3 is 11.1 Å². The zero-order valence-electron chi connectivity index (χ0n) is 11.3. The van der Waals surface area contributed by atoms with Gasteiger partial charge in [0.1, 0.15) is 11.9 Å². The summed E-state index contributed by atoms with van der Waals surface area (Å²) in [6, 6.07) is 4.14. The lowest BCUT2D eigenvalue weighted by molar-refractivity contribution is 0.304. The van der Waals surface area contributed by atoms with E-state index in [4.69, 9.17) is 11.0 Å². The normalized spacial score (nSPS) is 30.0. The Bertz CT molecular complexity index is 519. The third kappa shape index (κ3) is 2.25. The Kier molecular flexibility index (Phi) is 3.06. The van der Waals surface area contributed by atoms with Crippen molar-refractivity contribution in [2.75, 3.05) is 11.1 Å². The van der Waals surface area contributed by atoms with E-state index in [0.717, 1.165) is 17.8 Å². The third-order valence-corrected chi connectivity index (χ3v) is 4.85. The van der Waals surface area contributed by atoms with Gasteiger partial charge in [-0.25, -0.2) is 4.98 Å². The van der Waals surface area contributed by atoms with Crippen molar-refractivity contribution >= 4 is 11.5 Å². The Morgan fingerprint density at radius 2 is 2.32 bits per heavy atom. The molecular formula is C15H20N4. The van der Waals surface area contributed by atoms with E-state index in [-0.39, 0.29) is 0 Å². The summed E-state index contributed by atoms with van der Waals surface area (Å²) >= 11 is 0. The predicted octanol–water partition coefficient (Wildman–Crippen LogP) is 2.77. The van der Waals surface area contributed by atoms with E-state index in [9.17, 15) is 0 Å². The van der Waals surface area contributed by atoms with Crippen LogP contribution in [0.5, 0.6) is 0 Å². The average Bonchev–Trinajstić information content (AvgIpc) is 3.03. The second-order valence-corrected chi connectivity index (χ2v) is 6.05. The molecule has 0 aliphatic heterocycles. The lowest BCUT2D eigenvalue weighted by atomic mass is 9.84. The molecule has 2 aliphatic rings. The minimum atomic E-state index is 0.401. The van der Waals surface area contributed by atoms with Gasteiger partial charge in [-0.3, -0.25) is 0 Å². The van der Waals surface area contributed by atoms with Crippen LogP contribution in [0.15, 0.2) is 12.3 Å². The predicted molar refractivity (Wildman–Crippen MR) is 75.4 cm³/mol. The second-order valence-electron chi connectivity index (χ2n) is 6.05. The van der Waals surface area contributed by atoms with Gasteiger partial charge in [-0.05, 0) is 50.0 Å². The van der Waals surface area contributed by atoms with E-state index in [0.29, 0.717) is 23.1 Å². The molecule has 3 N–H and O–H groups in total. The van der Waals surface area contributed by atoms with Gasteiger partial charge in [0.15, 0.2) is 0 Å². The number of fused-ring (bicyclic) bond motifs is 2. The van der Waals surface area contributed by atoms with Crippen LogP contribution >= 0.6 is 0 Å². The Morgan fingerprint density at radius 3 is 2.89 bits per heavy atom. The molecule has 2 bridgehead atoms. The zero-order chi connectivity index (χ0) is 13.4. The zero-order valence-corrected chi connectivity index (χ0v) is 11.3. The van der Waals surface area contributed by atoms with Crippen molar-refractivity contribution in [2.24, 2.45) is 17.8 Å². The summed E-state index contributed by atoms with van der Waals surface area (Å²) in [6.45, 7) is 2.23. The van der Waals surface area contributed by atoms with Crippen LogP contribution in [0.1, 0.15) is 38.2 Å². The monoisotopic (exact) mass is 256 g/mol. The van der Waals surface area contributed by atoms with Gasteiger partial charge in [0, 0.05) is 12.2 Å². The summed E-state index contributed by atoms with van der Waals surface area (Å²) < 4.78 is 0. The number of rotatable bonds is 3. The first-order valence-electron chi connectivity index (χ1n) is 7.09. The number of hydrogen-bond acceptors (Lipinski definition) is 4. The Balaban J connectivity index is 1.70. The van der Waals surface area contributed by atoms with Crippen LogP contribution < -0.4 is 11.1 Å². The highest BCUT2D eigenvalue weighted by atomic mass is 15.0. The first-order chi connectivity index (χ1) is 9.17. The van der Waals surface area contributed by atoms with E-state index in [1.807, 2.05) is 0 Å². The van der Waals surface area contributed by atoms with Crippen LogP contribution in [0.25, 0.3) is 0 Å². The third-order valence-electron chi connectivity index (χ3n) is 4.85. The molecule has 2 saturated carbocycles. The van der Waals surface area contributed by atoms with Gasteiger partial charge in [0.05, 0.1) is 11.3 Å². The van der Waals surface area contributed by atoms with Crippen LogP contribution in [0.3, 0.4) is 0 Å². The van der Waals surface area contributed by atoms with Crippen molar-refractivity contribution in [2.45, 2.75) is 38.6 Å². The molecule has 4 atom stereocenters. The van der Waals surface area contributed by atoms with Gasteiger partial charge in [-0.2, -0.15) is 5.26 Å². The number of nitrogens with two attached hydrogens (primary N) is 1. The maximum atomic E-state index is 8.81. The number of nitrogens with one attached hydrogen (secondary N) is 1. The molecule has 1 heterocycles. The molecule has 100 valence electrons. The molecule has 0 aromatic carbocycles. The lowest BCUT2D eigenvalue weighted by Gasteiger charge is -2.29. The van der Waals surface area contributed by atoms with Crippen LogP contribution in [0.2, 0.25) is 0 Å². The summed E-state index contributed by atoms with van der Waals surface area (Å²) in [5.74, 6) is 3.29. The van der Waals surface area contributed by atoms with Crippen molar-refractivity contribution in [1.29, 1.82) is 5.26 Å². The van der Waals surface area contributed by atoms with E-state index in [2.05, 4.69) is 23.3 Å². The molecular weight excluding hydrogens is 236 g/mol. The molecule has 0 saturated heterocycles. The molecule has 4 unspecified atom stereocenters. The average molecular weight is 256 g/mol. The molecule has 0 spiro atoms. The lowest BCUT2D eigenvalue weighted by Crippen LogP contribution is -2.30. The number of pyridine rings is 1. The number of hydrogen-bond donors (Lipinski definition) is 2. The van der Waals surface area contributed by atoms with Crippen molar-refractivity contribution in [1.82, 2.24) is 4.98 Å². The molecule has 1 aromatic heterocycles. The van der Waals surface area contributed by atoms with Crippen molar-refractivity contribution in [3.05, 3.63) is 17.8 Å². The summed E-state index contributed by atoms with van der Waals surface area (Å²) in [5, 5.41) is 12.3. The van der Waals surface area contributed by atoms with Gasteiger partial charge in [0.25, 0.3) is 0 Å². The number of nitriles is 1. The first kappa shape index (κ1) is 12.3. The fourth-order valence-electron chi connectivity index (χ4n) is 3.89. The van der Waals surface area contributed by atoms with E-state index >= 15 is 0 Å². The summed E-state index contributed by atoms with van der Waals surface area (Å²) in [7, 11) is 0. The number of anilines is 2. The molecule has 0 amide bonds. The Hall–Kier alpha value is -1.76. The summed E-state index contributed by atoms with van der Waals surface area (Å²) in [5.41, 5.74) is 7.02. The molecule has 1 aromatic rings. The number of aromatic nitrogens is 1. The fraction of sp³-hybridized carbons (Fsp3) is 0.600. The fourth-order valence-corrected chi connectivity index (χ4v) is 3.89. The van der Waals surface area contributed by atoms with Gasteiger partial charge in [-0.1, -0.05) is 6.42 Å². The highest BCUT2D eigenvalue weighted by Crippen LogP contribution is 2.49. The standard InChI is InChI=1S/C15H20N4/c1-9(13-5-10-2-3-12(13)4-10)19-15-14(17)6-11(7-16)8-18-15/h6,8-10,12-13H,2-5,17H2,1H3,(H,18,19). The van der Waals surface area contributed by atoms with Crippen LogP contribution in [-0.2, 0) is 0 Å².